The summed E-state index contributed by atoms with van der Waals surface area (Å²) >= 11 is 0. The van der Waals surface area contributed by atoms with Crippen LogP contribution >= 0.6 is 0 Å². The SMILES string of the molecule is CN1CCC[C@@H]1COc1cc(NC(=O)c2cccnc2NCc2ccncc2)cc(C(F)(F)F)c1. The van der Waals surface area contributed by atoms with Gasteiger partial charge in [0.25, 0.3) is 5.91 Å². The number of carbonyl (C=O) groups excluding carboxylic acids is 1. The van der Waals surface area contributed by atoms with Gasteiger partial charge in [-0.05, 0) is 68.4 Å². The number of likely N-dealkylation sites (N-methyl/N-ethyl adjacent to an activating group) is 1. The van der Waals surface area contributed by atoms with E-state index in [1.54, 1.807) is 24.5 Å². The van der Waals surface area contributed by atoms with Gasteiger partial charge in [0, 0.05) is 42.9 Å². The number of pyridine rings is 2. The van der Waals surface area contributed by atoms with Crippen LogP contribution in [0.3, 0.4) is 0 Å². The molecule has 1 atom stereocenters. The maximum atomic E-state index is 13.5. The predicted molar refractivity (Wildman–Crippen MR) is 126 cm³/mol. The first-order valence-electron chi connectivity index (χ1n) is 11.2. The number of aromatic nitrogens is 2. The molecule has 1 amide bonds. The summed E-state index contributed by atoms with van der Waals surface area (Å²) in [5.41, 5.74) is 0.231. The van der Waals surface area contributed by atoms with E-state index in [0.717, 1.165) is 37.1 Å². The number of rotatable bonds is 8. The molecule has 1 aromatic carbocycles. The highest BCUT2D eigenvalue weighted by Crippen LogP contribution is 2.34. The topological polar surface area (TPSA) is 79.4 Å². The third kappa shape index (κ3) is 6.48. The first kappa shape index (κ1) is 24.5. The highest BCUT2D eigenvalue weighted by Gasteiger charge is 2.32. The smallest absolute Gasteiger partial charge is 0.416 e. The fourth-order valence-electron chi connectivity index (χ4n) is 3.91. The second-order valence-corrected chi connectivity index (χ2v) is 8.39. The van der Waals surface area contributed by atoms with Gasteiger partial charge in [0.2, 0.25) is 0 Å². The summed E-state index contributed by atoms with van der Waals surface area (Å²) < 4.78 is 46.3. The molecule has 35 heavy (non-hydrogen) atoms. The van der Waals surface area contributed by atoms with E-state index in [2.05, 4.69) is 25.5 Å². The van der Waals surface area contributed by atoms with Crippen molar-refractivity contribution in [2.45, 2.75) is 31.6 Å². The van der Waals surface area contributed by atoms with Gasteiger partial charge in [-0.15, -0.1) is 0 Å². The number of likely N-dealkylation sites (tertiary alicyclic amines) is 1. The van der Waals surface area contributed by atoms with Crippen molar-refractivity contribution in [2.75, 3.05) is 30.8 Å². The molecular formula is C25H26F3N5O2. The molecule has 1 fully saturated rings. The number of benzene rings is 1. The standard InChI is InChI=1S/C25H26F3N5O2/c1-33-11-3-4-20(33)16-35-21-13-18(25(26,27)28)12-19(14-21)32-24(34)22-5-2-8-30-23(22)31-15-17-6-9-29-10-7-17/h2,5-10,12-14,20H,3-4,11,15-16H2,1H3,(H,30,31)(H,32,34)/t20-/m1/s1. The van der Waals surface area contributed by atoms with Crippen molar-refractivity contribution >= 4 is 17.4 Å². The van der Waals surface area contributed by atoms with Crippen LogP contribution in [0.1, 0.15) is 34.3 Å². The summed E-state index contributed by atoms with van der Waals surface area (Å²) in [5.74, 6) is -0.219. The van der Waals surface area contributed by atoms with Crippen LogP contribution in [0.4, 0.5) is 24.7 Å². The summed E-state index contributed by atoms with van der Waals surface area (Å²) in [5, 5.41) is 5.66. The van der Waals surface area contributed by atoms with Crippen LogP contribution in [-0.2, 0) is 12.7 Å². The van der Waals surface area contributed by atoms with E-state index in [1.807, 2.05) is 19.2 Å². The highest BCUT2D eigenvalue weighted by molar-refractivity contribution is 6.07. The normalized spacial score (nSPS) is 16.2. The fourth-order valence-corrected chi connectivity index (χ4v) is 3.91. The Morgan fingerprint density at radius 2 is 1.97 bits per heavy atom. The third-order valence-corrected chi connectivity index (χ3v) is 5.87. The largest absolute Gasteiger partial charge is 0.492 e. The van der Waals surface area contributed by atoms with Crippen molar-refractivity contribution in [3.05, 3.63) is 77.7 Å². The Morgan fingerprint density at radius 3 is 2.69 bits per heavy atom. The van der Waals surface area contributed by atoms with E-state index in [4.69, 9.17) is 4.74 Å². The number of anilines is 2. The molecule has 184 valence electrons. The molecule has 0 spiro atoms. The molecule has 3 heterocycles. The first-order valence-corrected chi connectivity index (χ1v) is 11.2. The van der Waals surface area contributed by atoms with E-state index in [1.165, 1.54) is 12.3 Å². The second kappa shape index (κ2) is 10.7. The average molecular weight is 486 g/mol. The van der Waals surface area contributed by atoms with Crippen molar-refractivity contribution in [3.8, 4) is 5.75 Å². The molecule has 4 rings (SSSR count). The zero-order chi connectivity index (χ0) is 24.8. The van der Waals surface area contributed by atoms with Crippen LogP contribution in [0.25, 0.3) is 0 Å². The molecule has 0 bridgehead atoms. The molecule has 1 aliphatic heterocycles. The Bertz CT molecular complexity index is 1160. The van der Waals surface area contributed by atoms with Crippen LogP contribution in [0.5, 0.6) is 5.75 Å². The van der Waals surface area contributed by atoms with E-state index >= 15 is 0 Å². The Balaban J connectivity index is 1.51. The van der Waals surface area contributed by atoms with Gasteiger partial charge in [-0.25, -0.2) is 4.98 Å². The molecule has 0 aliphatic carbocycles. The number of alkyl halides is 3. The molecule has 1 saturated heterocycles. The van der Waals surface area contributed by atoms with Gasteiger partial charge >= 0.3 is 6.18 Å². The monoisotopic (exact) mass is 485 g/mol. The van der Waals surface area contributed by atoms with E-state index in [-0.39, 0.29) is 29.6 Å². The summed E-state index contributed by atoms with van der Waals surface area (Å²) in [6, 6.07) is 10.2. The van der Waals surface area contributed by atoms with Gasteiger partial charge < -0.3 is 20.3 Å². The van der Waals surface area contributed by atoms with Crippen molar-refractivity contribution < 1.29 is 22.7 Å². The number of hydrogen-bond donors (Lipinski definition) is 2. The van der Waals surface area contributed by atoms with Gasteiger partial charge in [-0.2, -0.15) is 13.2 Å². The Hall–Kier alpha value is -3.66. The molecule has 7 nitrogen and oxygen atoms in total. The highest BCUT2D eigenvalue weighted by atomic mass is 19.4. The third-order valence-electron chi connectivity index (χ3n) is 5.87. The number of ether oxygens (including phenoxy) is 1. The van der Waals surface area contributed by atoms with Crippen LogP contribution < -0.4 is 15.4 Å². The second-order valence-electron chi connectivity index (χ2n) is 8.39. The molecule has 3 aromatic rings. The summed E-state index contributed by atoms with van der Waals surface area (Å²) in [4.78, 5) is 23.3. The van der Waals surface area contributed by atoms with Gasteiger partial charge in [0.05, 0.1) is 11.1 Å². The van der Waals surface area contributed by atoms with Crippen LogP contribution in [-0.4, -0.2) is 47.0 Å². The van der Waals surface area contributed by atoms with Crippen molar-refractivity contribution in [2.24, 2.45) is 0 Å². The fraction of sp³-hybridized carbons (Fsp3) is 0.320. The number of carbonyl (C=O) groups is 1. The lowest BCUT2D eigenvalue weighted by atomic mass is 10.1. The van der Waals surface area contributed by atoms with Crippen molar-refractivity contribution in [1.82, 2.24) is 14.9 Å². The maximum absolute atomic E-state index is 13.5. The van der Waals surface area contributed by atoms with Gasteiger partial charge in [0.1, 0.15) is 18.2 Å². The molecule has 2 aromatic heterocycles. The summed E-state index contributed by atoms with van der Waals surface area (Å²) in [6.45, 7) is 1.61. The molecule has 0 saturated carbocycles. The Kier molecular flexibility index (Phi) is 7.50. The molecule has 0 radical (unpaired) electrons. The predicted octanol–water partition coefficient (Wildman–Crippen LogP) is 4.83. The Labute approximate surface area is 201 Å². The number of nitrogens with zero attached hydrogens (tertiary/aromatic N) is 3. The Morgan fingerprint density at radius 1 is 1.17 bits per heavy atom. The number of nitrogens with one attached hydrogen (secondary N) is 2. The van der Waals surface area contributed by atoms with E-state index in [9.17, 15) is 18.0 Å². The lowest BCUT2D eigenvalue weighted by Gasteiger charge is -2.20. The van der Waals surface area contributed by atoms with Gasteiger partial charge in [-0.1, -0.05) is 0 Å². The zero-order valence-electron chi connectivity index (χ0n) is 19.2. The first-order chi connectivity index (χ1) is 16.8. The van der Waals surface area contributed by atoms with E-state index < -0.39 is 17.6 Å². The van der Waals surface area contributed by atoms with E-state index in [0.29, 0.717) is 12.4 Å². The lowest BCUT2D eigenvalue weighted by molar-refractivity contribution is -0.137. The molecule has 2 N–H and O–H groups in total. The quantitative estimate of drug-likeness (QED) is 0.476. The summed E-state index contributed by atoms with van der Waals surface area (Å²) in [6.07, 6.45) is 2.20. The van der Waals surface area contributed by atoms with Crippen LogP contribution in [0.15, 0.2) is 61.1 Å². The zero-order valence-corrected chi connectivity index (χ0v) is 19.2. The number of hydrogen-bond acceptors (Lipinski definition) is 6. The number of halogens is 3. The lowest BCUT2D eigenvalue weighted by Crippen LogP contribution is -2.30. The van der Waals surface area contributed by atoms with Crippen molar-refractivity contribution in [1.29, 1.82) is 0 Å². The minimum absolute atomic E-state index is 0.0106. The van der Waals surface area contributed by atoms with Crippen molar-refractivity contribution in [3.63, 3.8) is 0 Å². The van der Waals surface area contributed by atoms with Crippen LogP contribution in [0, 0.1) is 0 Å². The summed E-state index contributed by atoms with van der Waals surface area (Å²) in [7, 11) is 1.97. The van der Waals surface area contributed by atoms with Crippen LogP contribution in [0.2, 0.25) is 0 Å². The van der Waals surface area contributed by atoms with Gasteiger partial charge in [0.15, 0.2) is 0 Å². The molecule has 0 unspecified atom stereocenters. The average Bonchev–Trinajstić information content (AvgIpc) is 3.26. The maximum Gasteiger partial charge on any atom is 0.416 e. The van der Waals surface area contributed by atoms with Gasteiger partial charge in [-0.3, -0.25) is 9.78 Å². The number of amides is 1. The molecule has 10 heteroatoms. The molecular weight excluding hydrogens is 459 g/mol. The minimum Gasteiger partial charge on any atom is -0.492 e. The minimum atomic E-state index is -4.59. The molecule has 1 aliphatic rings.